The summed E-state index contributed by atoms with van der Waals surface area (Å²) in [5.41, 5.74) is 0. The highest BCUT2D eigenvalue weighted by Crippen LogP contribution is 2.10. The molecule has 4 heteroatoms. The van der Waals surface area contributed by atoms with Gasteiger partial charge in [0.15, 0.2) is 0 Å². The molecule has 0 aliphatic heterocycles. The summed E-state index contributed by atoms with van der Waals surface area (Å²) in [4.78, 5) is 12.2. The molecule has 218 valence electrons. The highest BCUT2D eigenvalue weighted by molar-refractivity contribution is 5.76. The molecule has 0 aliphatic rings. The molecule has 0 radical (unpaired) electrons. The standard InChI is InChI=1S/C34H59NO3/c1-3-5-7-9-11-12-13-14-15-16-17-18-19-20-21-22-24-26-28-30-34(38)35-32(31-36)33(37)29-27-25-23-10-8-6-4-2/h5,7,11-12,14-15,17-18,27,29,32-33,36-37H,3-4,6,8-10,13,16,19-26,28,30-31H2,1-2H3,(H,35,38)/b7-5-,12-11-,15-14-,18-17-,29-27+. The molecule has 0 aliphatic carbocycles. The Morgan fingerprint density at radius 3 is 1.74 bits per heavy atom. The fourth-order valence-electron chi connectivity index (χ4n) is 4.11. The highest BCUT2D eigenvalue weighted by atomic mass is 16.3. The number of hydrogen-bond acceptors (Lipinski definition) is 3. The Balaban J connectivity index is 3.69. The van der Waals surface area contributed by atoms with Crippen LogP contribution in [0.1, 0.15) is 129 Å². The van der Waals surface area contributed by atoms with E-state index in [1.165, 1.54) is 44.9 Å². The zero-order chi connectivity index (χ0) is 27.9. The summed E-state index contributed by atoms with van der Waals surface area (Å²) in [5, 5.41) is 22.6. The first-order chi connectivity index (χ1) is 18.7. The van der Waals surface area contributed by atoms with Crippen LogP contribution in [0.15, 0.2) is 60.8 Å². The van der Waals surface area contributed by atoms with Crippen LogP contribution >= 0.6 is 0 Å². The van der Waals surface area contributed by atoms with E-state index in [0.717, 1.165) is 64.2 Å². The second-order valence-electron chi connectivity index (χ2n) is 10.1. The van der Waals surface area contributed by atoms with Gasteiger partial charge in [-0.1, -0.05) is 126 Å². The monoisotopic (exact) mass is 529 g/mol. The molecule has 0 aromatic rings. The maximum absolute atomic E-state index is 12.2. The van der Waals surface area contributed by atoms with Gasteiger partial charge in [0, 0.05) is 6.42 Å². The van der Waals surface area contributed by atoms with Crippen molar-refractivity contribution in [2.24, 2.45) is 0 Å². The van der Waals surface area contributed by atoms with E-state index in [0.29, 0.717) is 6.42 Å². The number of aliphatic hydroxyl groups is 2. The van der Waals surface area contributed by atoms with Crippen molar-refractivity contribution in [1.82, 2.24) is 5.32 Å². The summed E-state index contributed by atoms with van der Waals surface area (Å²) >= 11 is 0. The van der Waals surface area contributed by atoms with Gasteiger partial charge in [-0.3, -0.25) is 4.79 Å². The lowest BCUT2D eigenvalue weighted by atomic mass is 10.1. The van der Waals surface area contributed by atoms with Crippen molar-refractivity contribution in [2.75, 3.05) is 6.61 Å². The van der Waals surface area contributed by atoms with Crippen LogP contribution in [0.4, 0.5) is 0 Å². The molecule has 0 fully saturated rings. The lowest BCUT2D eigenvalue weighted by molar-refractivity contribution is -0.123. The minimum atomic E-state index is -0.843. The first-order valence-corrected chi connectivity index (χ1v) is 15.5. The fraction of sp³-hybridized carbons (Fsp3) is 0.676. The van der Waals surface area contributed by atoms with E-state index in [4.69, 9.17) is 0 Å². The maximum Gasteiger partial charge on any atom is 0.220 e. The predicted octanol–water partition coefficient (Wildman–Crippen LogP) is 8.67. The average Bonchev–Trinajstić information content (AvgIpc) is 2.92. The van der Waals surface area contributed by atoms with E-state index < -0.39 is 12.1 Å². The third-order valence-electron chi connectivity index (χ3n) is 6.51. The first kappa shape index (κ1) is 36.1. The van der Waals surface area contributed by atoms with Gasteiger partial charge in [0.2, 0.25) is 5.91 Å². The second kappa shape index (κ2) is 29.6. The third-order valence-corrected chi connectivity index (χ3v) is 6.51. The number of unbranched alkanes of at least 4 members (excludes halogenated alkanes) is 11. The van der Waals surface area contributed by atoms with Gasteiger partial charge in [0.1, 0.15) is 0 Å². The molecule has 38 heavy (non-hydrogen) atoms. The van der Waals surface area contributed by atoms with Crippen LogP contribution in [-0.2, 0) is 4.79 Å². The highest BCUT2D eigenvalue weighted by Gasteiger charge is 2.17. The van der Waals surface area contributed by atoms with Crippen LogP contribution in [0.5, 0.6) is 0 Å². The molecule has 0 rings (SSSR count). The molecule has 0 bridgehead atoms. The Morgan fingerprint density at radius 2 is 1.16 bits per heavy atom. The van der Waals surface area contributed by atoms with Gasteiger partial charge < -0.3 is 15.5 Å². The van der Waals surface area contributed by atoms with Crippen molar-refractivity contribution in [1.29, 1.82) is 0 Å². The van der Waals surface area contributed by atoms with Gasteiger partial charge in [-0.05, 0) is 57.8 Å². The van der Waals surface area contributed by atoms with Crippen molar-refractivity contribution < 1.29 is 15.0 Å². The predicted molar refractivity (Wildman–Crippen MR) is 165 cm³/mol. The Kier molecular flexibility index (Phi) is 28.2. The average molecular weight is 530 g/mol. The van der Waals surface area contributed by atoms with E-state index in [-0.39, 0.29) is 12.5 Å². The largest absolute Gasteiger partial charge is 0.394 e. The van der Waals surface area contributed by atoms with Gasteiger partial charge in [-0.15, -0.1) is 0 Å². The van der Waals surface area contributed by atoms with E-state index in [1.807, 2.05) is 6.08 Å². The number of carbonyl (C=O) groups is 1. The van der Waals surface area contributed by atoms with Crippen LogP contribution < -0.4 is 5.32 Å². The number of carbonyl (C=O) groups excluding carboxylic acids is 1. The first-order valence-electron chi connectivity index (χ1n) is 15.5. The Labute approximate surface area is 235 Å². The zero-order valence-electron chi connectivity index (χ0n) is 24.7. The normalized spacial score (nSPS) is 14.1. The number of rotatable bonds is 26. The maximum atomic E-state index is 12.2. The minimum absolute atomic E-state index is 0.0876. The van der Waals surface area contributed by atoms with Gasteiger partial charge in [-0.2, -0.15) is 0 Å². The Hall–Kier alpha value is -1.91. The van der Waals surface area contributed by atoms with Gasteiger partial charge in [0.05, 0.1) is 18.8 Å². The molecule has 4 nitrogen and oxygen atoms in total. The van der Waals surface area contributed by atoms with Crippen molar-refractivity contribution in [2.45, 2.75) is 142 Å². The van der Waals surface area contributed by atoms with Crippen LogP contribution in [-0.4, -0.2) is 34.9 Å². The summed E-state index contributed by atoms with van der Waals surface area (Å²) in [5.74, 6) is -0.0876. The second-order valence-corrected chi connectivity index (χ2v) is 10.1. The Bertz CT molecular complexity index is 663. The van der Waals surface area contributed by atoms with Crippen LogP contribution in [0.2, 0.25) is 0 Å². The molecule has 3 N–H and O–H groups in total. The number of hydrogen-bond donors (Lipinski definition) is 3. The van der Waals surface area contributed by atoms with E-state index >= 15 is 0 Å². The molecule has 0 saturated carbocycles. The topological polar surface area (TPSA) is 69.6 Å². The summed E-state index contributed by atoms with van der Waals surface area (Å²) in [7, 11) is 0. The molecule has 0 heterocycles. The van der Waals surface area contributed by atoms with Crippen molar-refractivity contribution in [3.8, 4) is 0 Å². The van der Waals surface area contributed by atoms with E-state index in [1.54, 1.807) is 6.08 Å². The van der Waals surface area contributed by atoms with Crippen molar-refractivity contribution in [3.63, 3.8) is 0 Å². The lowest BCUT2D eigenvalue weighted by Gasteiger charge is -2.20. The zero-order valence-corrected chi connectivity index (χ0v) is 24.7. The quantitative estimate of drug-likeness (QED) is 0.0775. The van der Waals surface area contributed by atoms with Crippen molar-refractivity contribution in [3.05, 3.63) is 60.8 Å². The smallest absolute Gasteiger partial charge is 0.220 e. The number of amides is 1. The molecule has 0 aromatic carbocycles. The van der Waals surface area contributed by atoms with Crippen LogP contribution in [0.25, 0.3) is 0 Å². The van der Waals surface area contributed by atoms with Crippen LogP contribution in [0.3, 0.4) is 0 Å². The van der Waals surface area contributed by atoms with Crippen LogP contribution in [0, 0.1) is 0 Å². The molecule has 0 aromatic heterocycles. The number of allylic oxidation sites excluding steroid dienone is 9. The number of nitrogens with one attached hydrogen (secondary N) is 1. The molecular formula is C34H59NO3. The number of aliphatic hydroxyl groups excluding tert-OH is 2. The summed E-state index contributed by atoms with van der Waals surface area (Å²) in [6.45, 7) is 4.10. The molecular weight excluding hydrogens is 470 g/mol. The molecule has 0 spiro atoms. The van der Waals surface area contributed by atoms with E-state index in [2.05, 4.69) is 67.8 Å². The third kappa shape index (κ3) is 25.7. The molecule has 0 saturated heterocycles. The van der Waals surface area contributed by atoms with Gasteiger partial charge >= 0.3 is 0 Å². The summed E-state index contributed by atoms with van der Waals surface area (Å²) < 4.78 is 0. The Morgan fingerprint density at radius 1 is 0.658 bits per heavy atom. The van der Waals surface area contributed by atoms with Gasteiger partial charge in [0.25, 0.3) is 0 Å². The summed E-state index contributed by atoms with van der Waals surface area (Å²) in [6, 6.07) is -0.628. The minimum Gasteiger partial charge on any atom is -0.394 e. The van der Waals surface area contributed by atoms with E-state index in [9.17, 15) is 15.0 Å². The SMILES string of the molecule is CC/C=C\C/C=C\C/C=C\C/C=C\CCCCCCCCC(=O)NC(CO)C(O)/C=C/CCCCCCC. The lowest BCUT2D eigenvalue weighted by Crippen LogP contribution is -2.45. The fourth-order valence-corrected chi connectivity index (χ4v) is 4.11. The summed E-state index contributed by atoms with van der Waals surface area (Å²) in [6.07, 6.45) is 40.1. The molecule has 2 atom stereocenters. The molecule has 2 unspecified atom stereocenters. The van der Waals surface area contributed by atoms with Gasteiger partial charge in [-0.25, -0.2) is 0 Å². The van der Waals surface area contributed by atoms with Crippen molar-refractivity contribution >= 4 is 5.91 Å². The molecule has 1 amide bonds.